The largest absolute Gasteiger partial charge is 2.00 e. The minimum absolute atomic E-state index is 0. The van der Waals surface area contributed by atoms with Crippen LogP contribution in [0.15, 0.2) is 0 Å². The Morgan fingerprint density at radius 3 is 0.791 bits per heavy atom. The summed E-state index contributed by atoms with van der Waals surface area (Å²) in [4.78, 5) is 51.5. The zero-order valence-corrected chi connectivity index (χ0v) is 30.3. The number of carboxylic acid groups (broad SMARTS) is 5. The summed E-state index contributed by atoms with van der Waals surface area (Å²) in [5.41, 5.74) is 0. The number of carbonyl (C=O) groups excluding carboxylic acids is 4. The van der Waals surface area contributed by atoms with Gasteiger partial charge in [0, 0.05) is 30.8 Å². The summed E-state index contributed by atoms with van der Waals surface area (Å²) < 4.78 is 0. The summed E-state index contributed by atoms with van der Waals surface area (Å²) in [5, 5.41) is 49.9. The number of hydrogen-bond acceptors (Lipinski definition) is 9. The minimum Gasteiger partial charge on any atom is -0.550 e. The van der Waals surface area contributed by atoms with Crippen molar-refractivity contribution in [3.8, 4) is 0 Å². The predicted molar refractivity (Wildman–Crippen MR) is 155 cm³/mol. The first-order chi connectivity index (χ1) is 19.4. The molecule has 0 spiro atoms. The van der Waals surface area contributed by atoms with Crippen molar-refractivity contribution in [3.05, 3.63) is 0 Å². The minimum atomic E-state index is -0.997. The first-order valence-electron chi connectivity index (χ1n) is 14.9. The molecule has 10 nitrogen and oxygen atoms in total. The molecule has 0 unspecified atom stereocenters. The Morgan fingerprint density at radius 1 is 0.419 bits per heavy atom. The Bertz CT molecular complexity index is 625. The molecule has 0 aromatic carbocycles. The molecular weight excluding hydrogens is 783 g/mol. The summed E-state index contributed by atoms with van der Waals surface area (Å²) in [6.45, 7) is 1.08. The van der Waals surface area contributed by atoms with Crippen molar-refractivity contribution < 1.29 is 90.4 Å². The molecule has 0 aliphatic heterocycles. The second-order valence-corrected chi connectivity index (χ2v) is 15.7. The molecule has 0 fully saturated rings. The molecule has 0 aromatic rings. The Labute approximate surface area is 287 Å². The van der Waals surface area contributed by atoms with Crippen LogP contribution in [0.25, 0.3) is 0 Å². The second kappa shape index (κ2) is 36.0. The van der Waals surface area contributed by atoms with Crippen molar-refractivity contribution in [1.82, 2.24) is 0 Å². The van der Waals surface area contributed by atoms with Crippen LogP contribution in [0.4, 0.5) is 0 Å². The molecule has 0 amide bonds. The normalized spacial score (nSPS) is 10.3. The van der Waals surface area contributed by atoms with Gasteiger partial charge >= 0.3 is 40.8 Å². The van der Waals surface area contributed by atoms with Crippen LogP contribution in [0.2, 0.25) is 0 Å². The zero-order valence-electron chi connectivity index (χ0n) is 25.4. The maximum atomic E-state index is 10.6. The summed E-state index contributed by atoms with van der Waals surface area (Å²) in [7, 11) is -0.335. The van der Waals surface area contributed by atoms with Crippen LogP contribution in [-0.4, -0.2) is 71.9 Å². The van der Waals surface area contributed by atoms with Gasteiger partial charge < -0.3 is 44.7 Å². The standard InChI is InChI=1S/C27H50O8P2.C2H4O2.2Pd/c28-24(29)14-5-1-9-18-36(19-10-2-6-15-25(30)31)22-13-23-37(20-11-3-7-16-26(32)33)21-12-4-8-17-27(34)35;1-2(3)4;;/h1-23H2,(H,28,29)(H,30,31)(H,32,33)(H,34,35);1H3,(H,3,4);;/q;;2*+2/p-4. The molecule has 1 N–H and O–H groups in total. The van der Waals surface area contributed by atoms with Gasteiger partial charge in [-0.25, -0.2) is 0 Å². The van der Waals surface area contributed by atoms with Gasteiger partial charge in [0.05, 0.1) is 0 Å². The monoisotopic (exact) mass is 832 g/mol. The first-order valence-corrected chi connectivity index (χ1v) is 18.7. The van der Waals surface area contributed by atoms with Crippen LogP contribution in [0.1, 0.15) is 116 Å². The molecule has 0 heterocycles. The number of unbranched alkanes of at least 4 members (excludes halogenated alkanes) is 8. The summed E-state index contributed by atoms with van der Waals surface area (Å²) >= 11 is 0. The van der Waals surface area contributed by atoms with E-state index in [2.05, 4.69) is 0 Å². The molecule has 0 radical (unpaired) electrons. The number of carbonyl (C=O) groups is 5. The van der Waals surface area contributed by atoms with Gasteiger partial charge in [-0.2, -0.15) is 0 Å². The van der Waals surface area contributed by atoms with Crippen LogP contribution in [0.3, 0.4) is 0 Å². The van der Waals surface area contributed by atoms with E-state index in [0.717, 1.165) is 89.4 Å². The number of aliphatic carboxylic acids is 5. The van der Waals surface area contributed by atoms with Gasteiger partial charge in [-0.05, 0) is 120 Å². The van der Waals surface area contributed by atoms with E-state index in [4.69, 9.17) is 9.90 Å². The third kappa shape index (κ3) is 46.1. The zero-order chi connectivity index (χ0) is 31.3. The summed E-state index contributed by atoms with van der Waals surface area (Å²) in [6.07, 6.45) is 18.6. The molecular formula is C29H50O10P2Pd2. The topological polar surface area (TPSA) is 198 Å². The van der Waals surface area contributed by atoms with E-state index in [1.807, 2.05) is 0 Å². The fourth-order valence-corrected chi connectivity index (χ4v) is 9.80. The van der Waals surface area contributed by atoms with E-state index in [-0.39, 0.29) is 82.4 Å². The number of rotatable bonds is 28. The van der Waals surface area contributed by atoms with Crippen molar-refractivity contribution >= 4 is 45.7 Å². The van der Waals surface area contributed by atoms with Crippen molar-refractivity contribution in [2.75, 3.05) is 37.0 Å². The molecule has 0 bridgehead atoms. The Morgan fingerprint density at radius 2 is 0.605 bits per heavy atom. The van der Waals surface area contributed by atoms with E-state index in [1.54, 1.807) is 0 Å². The average molecular weight is 833 g/mol. The maximum Gasteiger partial charge on any atom is 2.00 e. The summed E-state index contributed by atoms with van der Waals surface area (Å²) in [5.74, 6) is -4.82. The van der Waals surface area contributed by atoms with Crippen molar-refractivity contribution in [2.24, 2.45) is 0 Å². The Kier molecular flexibility index (Phi) is 41.4. The van der Waals surface area contributed by atoms with Crippen LogP contribution in [0.5, 0.6) is 0 Å². The summed E-state index contributed by atoms with van der Waals surface area (Å²) in [6, 6.07) is 0. The molecule has 0 atom stereocenters. The predicted octanol–water partition coefficient (Wildman–Crippen LogP) is 1.67. The first kappa shape index (κ1) is 49.4. The van der Waals surface area contributed by atoms with Gasteiger partial charge in [0.1, 0.15) is 0 Å². The van der Waals surface area contributed by atoms with Gasteiger partial charge in [-0.15, -0.1) is 15.8 Å². The van der Waals surface area contributed by atoms with E-state index in [1.165, 1.54) is 12.3 Å². The number of carboxylic acids is 5. The van der Waals surface area contributed by atoms with E-state index in [9.17, 15) is 39.6 Å². The van der Waals surface area contributed by atoms with Crippen LogP contribution in [0, 0.1) is 0 Å². The SMILES string of the molecule is CC(=O)O.O=C([O-])CCCCCP(CCCCCC(=O)[O-])CCCP(CCCCCC(=O)[O-])CCCCCC(=O)[O-].[Pd+2].[Pd+2]. The van der Waals surface area contributed by atoms with Crippen LogP contribution < -0.4 is 20.4 Å². The fraction of sp³-hybridized carbons (Fsp3) is 0.828. The third-order valence-electron chi connectivity index (χ3n) is 6.37. The molecule has 43 heavy (non-hydrogen) atoms. The van der Waals surface area contributed by atoms with Gasteiger partial charge in [0.2, 0.25) is 0 Å². The van der Waals surface area contributed by atoms with Crippen molar-refractivity contribution in [2.45, 2.75) is 116 Å². The smallest absolute Gasteiger partial charge is 0.550 e. The molecule has 256 valence electrons. The quantitative estimate of drug-likeness (QED) is 0.0688. The van der Waals surface area contributed by atoms with Crippen molar-refractivity contribution in [3.63, 3.8) is 0 Å². The molecule has 0 rings (SSSR count). The molecule has 0 aromatic heterocycles. The van der Waals surface area contributed by atoms with Gasteiger partial charge in [-0.1, -0.05) is 25.7 Å². The Balaban J connectivity index is -0.00000118. The van der Waals surface area contributed by atoms with Gasteiger partial charge in [0.25, 0.3) is 5.97 Å². The molecule has 14 heteroatoms. The van der Waals surface area contributed by atoms with Gasteiger partial charge in [-0.3, -0.25) is 4.79 Å². The number of hydrogen-bond donors (Lipinski definition) is 1. The maximum absolute atomic E-state index is 10.6. The molecule has 0 saturated heterocycles. The second-order valence-electron chi connectivity index (χ2n) is 10.3. The van der Waals surface area contributed by atoms with Crippen LogP contribution >= 0.6 is 15.8 Å². The fourth-order valence-electron chi connectivity index (χ4n) is 4.31. The van der Waals surface area contributed by atoms with E-state index < -0.39 is 29.8 Å². The Hall–Kier alpha value is -0.465. The third-order valence-corrected chi connectivity index (χ3v) is 12.1. The van der Waals surface area contributed by atoms with Crippen LogP contribution in [-0.2, 0) is 64.8 Å². The van der Waals surface area contributed by atoms with E-state index in [0.29, 0.717) is 25.7 Å². The average Bonchev–Trinajstić information content (AvgIpc) is 2.85. The van der Waals surface area contributed by atoms with E-state index >= 15 is 0 Å². The molecule has 0 saturated carbocycles. The molecule has 0 aliphatic carbocycles. The van der Waals surface area contributed by atoms with Gasteiger partial charge in [0.15, 0.2) is 0 Å². The van der Waals surface area contributed by atoms with Crippen molar-refractivity contribution in [1.29, 1.82) is 0 Å². The molecule has 0 aliphatic rings.